The third-order valence-electron chi connectivity index (χ3n) is 3.27. The largest absolute Gasteiger partial charge is 0.496 e. The molecule has 2 heterocycles. The predicted octanol–water partition coefficient (Wildman–Crippen LogP) is 3.76. The number of carbonyl (C=O) groups excluding carboxylic acids is 1. The fraction of sp³-hybridized carbons (Fsp3) is 0.118. The van der Waals surface area contributed by atoms with Crippen LogP contribution in [0.25, 0.3) is 11.3 Å². The van der Waals surface area contributed by atoms with Gasteiger partial charge in [-0.25, -0.2) is 9.78 Å². The highest BCUT2D eigenvalue weighted by Crippen LogP contribution is 2.29. The summed E-state index contributed by atoms with van der Waals surface area (Å²) in [4.78, 5) is 15.8. The van der Waals surface area contributed by atoms with E-state index in [-0.39, 0.29) is 17.3 Å². The molecule has 24 heavy (non-hydrogen) atoms. The summed E-state index contributed by atoms with van der Waals surface area (Å²) < 4.78 is 15.7. The Morgan fingerprint density at radius 1 is 1.25 bits per heavy atom. The lowest BCUT2D eigenvalue weighted by Gasteiger charge is -2.04. The van der Waals surface area contributed by atoms with E-state index in [1.165, 1.54) is 12.3 Å². The van der Waals surface area contributed by atoms with Crippen LogP contribution in [0.1, 0.15) is 16.1 Å². The van der Waals surface area contributed by atoms with Crippen molar-refractivity contribution < 1.29 is 18.8 Å². The van der Waals surface area contributed by atoms with Gasteiger partial charge in [-0.1, -0.05) is 28.9 Å². The van der Waals surface area contributed by atoms with Crippen molar-refractivity contribution in [1.29, 1.82) is 0 Å². The number of hydrogen-bond acceptors (Lipinski definition) is 6. The van der Waals surface area contributed by atoms with E-state index >= 15 is 0 Å². The van der Waals surface area contributed by atoms with Gasteiger partial charge in [0.15, 0.2) is 12.4 Å². The summed E-state index contributed by atoms with van der Waals surface area (Å²) in [5.74, 6) is 0.504. The summed E-state index contributed by atoms with van der Waals surface area (Å²) in [6, 6.07) is 12.3. The highest BCUT2D eigenvalue weighted by molar-refractivity contribution is 6.32. The zero-order valence-electron chi connectivity index (χ0n) is 12.7. The molecule has 0 spiro atoms. The van der Waals surface area contributed by atoms with Crippen LogP contribution < -0.4 is 4.74 Å². The Kier molecular flexibility index (Phi) is 4.77. The number of ether oxygens (including phenoxy) is 2. The number of rotatable bonds is 5. The third kappa shape index (κ3) is 3.38. The van der Waals surface area contributed by atoms with Gasteiger partial charge < -0.3 is 14.0 Å². The van der Waals surface area contributed by atoms with E-state index in [0.717, 1.165) is 5.56 Å². The molecule has 0 N–H and O–H groups in total. The van der Waals surface area contributed by atoms with Crippen LogP contribution in [-0.2, 0) is 11.3 Å². The van der Waals surface area contributed by atoms with Gasteiger partial charge in [-0.05, 0) is 24.3 Å². The smallest absolute Gasteiger partial charge is 0.341 e. The zero-order chi connectivity index (χ0) is 16.9. The van der Waals surface area contributed by atoms with Crippen LogP contribution in [0.2, 0.25) is 5.15 Å². The van der Waals surface area contributed by atoms with Crippen molar-refractivity contribution in [2.45, 2.75) is 6.61 Å². The number of esters is 1. The van der Waals surface area contributed by atoms with Crippen LogP contribution in [0.3, 0.4) is 0 Å². The van der Waals surface area contributed by atoms with Gasteiger partial charge in [-0.3, -0.25) is 0 Å². The molecule has 0 fully saturated rings. The summed E-state index contributed by atoms with van der Waals surface area (Å²) in [5.41, 5.74) is 1.58. The standard InChI is InChI=1S/C17H13ClN2O4/c1-22-15-7-3-2-5-12(15)14-9-11(24-20-14)10-23-17(21)13-6-4-8-19-16(13)18/h2-9H,10H2,1H3. The molecule has 2 aromatic heterocycles. The molecule has 0 bridgehead atoms. The Hall–Kier alpha value is -2.86. The molecule has 0 amide bonds. The van der Waals surface area contributed by atoms with Crippen molar-refractivity contribution >= 4 is 17.6 Å². The van der Waals surface area contributed by atoms with E-state index in [1.807, 2.05) is 24.3 Å². The van der Waals surface area contributed by atoms with Crippen LogP contribution in [0.15, 0.2) is 53.2 Å². The van der Waals surface area contributed by atoms with Gasteiger partial charge in [0.1, 0.15) is 16.6 Å². The fourth-order valence-corrected chi connectivity index (χ4v) is 2.31. The number of carbonyl (C=O) groups is 1. The van der Waals surface area contributed by atoms with E-state index < -0.39 is 5.97 Å². The van der Waals surface area contributed by atoms with Gasteiger partial charge in [0.05, 0.1) is 12.7 Å². The number of aromatic nitrogens is 2. The lowest BCUT2D eigenvalue weighted by Crippen LogP contribution is -2.06. The SMILES string of the molecule is COc1ccccc1-c1cc(COC(=O)c2cccnc2Cl)on1. The summed E-state index contributed by atoms with van der Waals surface area (Å²) in [6.45, 7) is -0.0633. The molecule has 0 aliphatic rings. The molecular weight excluding hydrogens is 332 g/mol. The number of halogens is 1. The van der Waals surface area contributed by atoms with E-state index in [9.17, 15) is 4.79 Å². The molecular formula is C17H13ClN2O4. The molecule has 0 unspecified atom stereocenters. The number of pyridine rings is 1. The Morgan fingerprint density at radius 2 is 2.08 bits per heavy atom. The van der Waals surface area contributed by atoms with Crippen LogP contribution in [0.4, 0.5) is 0 Å². The Bertz CT molecular complexity index is 863. The summed E-state index contributed by atoms with van der Waals surface area (Å²) in [6.07, 6.45) is 1.50. The van der Waals surface area contributed by atoms with Gasteiger partial charge in [0, 0.05) is 17.8 Å². The molecule has 122 valence electrons. The number of para-hydroxylation sites is 1. The Labute approximate surface area is 143 Å². The zero-order valence-corrected chi connectivity index (χ0v) is 13.5. The molecule has 6 nitrogen and oxygen atoms in total. The minimum atomic E-state index is -0.580. The van der Waals surface area contributed by atoms with E-state index in [2.05, 4.69) is 10.1 Å². The number of hydrogen-bond donors (Lipinski definition) is 0. The first-order valence-corrected chi connectivity index (χ1v) is 7.43. The second-order valence-corrected chi connectivity index (χ2v) is 5.15. The number of methoxy groups -OCH3 is 1. The second kappa shape index (κ2) is 7.14. The highest BCUT2D eigenvalue weighted by atomic mass is 35.5. The van der Waals surface area contributed by atoms with Gasteiger partial charge in [0.25, 0.3) is 0 Å². The molecule has 0 saturated heterocycles. The topological polar surface area (TPSA) is 74.5 Å². The first-order valence-electron chi connectivity index (χ1n) is 7.05. The van der Waals surface area contributed by atoms with E-state index in [4.69, 9.17) is 25.6 Å². The van der Waals surface area contributed by atoms with E-state index in [0.29, 0.717) is 17.2 Å². The van der Waals surface area contributed by atoms with Crippen LogP contribution >= 0.6 is 11.6 Å². The molecule has 3 aromatic rings. The Morgan fingerprint density at radius 3 is 2.88 bits per heavy atom. The minimum Gasteiger partial charge on any atom is -0.496 e. The third-order valence-corrected chi connectivity index (χ3v) is 3.57. The molecule has 1 aromatic carbocycles. The minimum absolute atomic E-state index is 0.0633. The van der Waals surface area contributed by atoms with Gasteiger partial charge >= 0.3 is 5.97 Å². The molecule has 0 saturated carbocycles. The van der Waals surface area contributed by atoms with Gasteiger partial charge in [-0.2, -0.15) is 0 Å². The average molecular weight is 345 g/mol. The first-order chi connectivity index (χ1) is 11.7. The fourth-order valence-electron chi connectivity index (χ4n) is 2.12. The van der Waals surface area contributed by atoms with Crippen LogP contribution in [0, 0.1) is 0 Å². The molecule has 0 aliphatic carbocycles. The lowest BCUT2D eigenvalue weighted by atomic mass is 10.1. The molecule has 3 rings (SSSR count). The molecule has 7 heteroatoms. The highest BCUT2D eigenvalue weighted by Gasteiger charge is 2.15. The maximum Gasteiger partial charge on any atom is 0.341 e. The Balaban J connectivity index is 1.71. The van der Waals surface area contributed by atoms with E-state index in [1.54, 1.807) is 19.2 Å². The van der Waals surface area contributed by atoms with Crippen molar-refractivity contribution in [3.05, 3.63) is 65.1 Å². The van der Waals surface area contributed by atoms with Crippen molar-refractivity contribution in [1.82, 2.24) is 10.1 Å². The quantitative estimate of drug-likeness (QED) is 0.518. The molecule has 0 aliphatic heterocycles. The van der Waals surface area contributed by atoms with Crippen molar-refractivity contribution in [2.75, 3.05) is 7.11 Å². The second-order valence-electron chi connectivity index (χ2n) is 4.80. The lowest BCUT2D eigenvalue weighted by molar-refractivity contribution is 0.0437. The van der Waals surface area contributed by atoms with Crippen LogP contribution in [-0.4, -0.2) is 23.2 Å². The van der Waals surface area contributed by atoms with Crippen molar-refractivity contribution in [3.63, 3.8) is 0 Å². The summed E-state index contributed by atoms with van der Waals surface area (Å²) >= 11 is 5.86. The number of nitrogens with zero attached hydrogens (tertiary/aromatic N) is 2. The number of benzene rings is 1. The van der Waals surface area contributed by atoms with Crippen LogP contribution in [0.5, 0.6) is 5.75 Å². The predicted molar refractivity (Wildman–Crippen MR) is 86.9 cm³/mol. The maximum atomic E-state index is 12.0. The normalized spacial score (nSPS) is 10.4. The van der Waals surface area contributed by atoms with Crippen molar-refractivity contribution in [2.24, 2.45) is 0 Å². The summed E-state index contributed by atoms with van der Waals surface area (Å²) in [7, 11) is 1.58. The molecule has 0 radical (unpaired) electrons. The molecule has 0 atom stereocenters. The van der Waals surface area contributed by atoms with Gasteiger partial charge in [0.2, 0.25) is 0 Å². The van der Waals surface area contributed by atoms with Crippen molar-refractivity contribution in [3.8, 4) is 17.0 Å². The first kappa shape index (κ1) is 16.0. The van der Waals surface area contributed by atoms with Gasteiger partial charge in [-0.15, -0.1) is 0 Å². The average Bonchev–Trinajstić information content (AvgIpc) is 3.09. The summed E-state index contributed by atoms with van der Waals surface area (Å²) in [5, 5.41) is 4.07. The monoisotopic (exact) mass is 344 g/mol. The maximum absolute atomic E-state index is 12.0.